The smallest absolute Gasteiger partial charge is 0.235 e. The largest absolute Gasteiger partial charge is 0.489 e. The minimum Gasteiger partial charge on any atom is -0.489 e. The van der Waals surface area contributed by atoms with Crippen LogP contribution < -0.4 is 14.9 Å². The van der Waals surface area contributed by atoms with E-state index >= 15 is 0 Å². The second-order valence-corrected chi connectivity index (χ2v) is 6.92. The number of rotatable bonds is 5. The highest BCUT2D eigenvalue weighted by Crippen LogP contribution is 2.29. The van der Waals surface area contributed by atoms with Gasteiger partial charge in [-0.3, -0.25) is 4.79 Å². The molecule has 0 aliphatic heterocycles. The molecule has 0 fully saturated rings. The minimum absolute atomic E-state index is 0.0115. The van der Waals surface area contributed by atoms with Gasteiger partial charge >= 0.3 is 0 Å². The molecule has 146 valence electrons. The van der Waals surface area contributed by atoms with E-state index in [2.05, 4.69) is 0 Å². The fourth-order valence-electron chi connectivity index (χ4n) is 2.72. The lowest BCUT2D eigenvalue weighted by molar-refractivity contribution is 0.300. The Kier molecular flexibility index (Phi) is 5.43. The molecule has 29 heavy (non-hydrogen) atoms. The van der Waals surface area contributed by atoms with Gasteiger partial charge in [0, 0.05) is 11.6 Å². The lowest BCUT2D eigenvalue weighted by Gasteiger charge is -2.10. The van der Waals surface area contributed by atoms with Crippen molar-refractivity contribution in [1.82, 2.24) is 0 Å². The SMILES string of the molecule is O=c1c(Oc2ccccc2Cl)coc2cc(OCc3c(F)cccc3Cl)ccc12. The van der Waals surface area contributed by atoms with Gasteiger partial charge in [0.1, 0.15) is 35.8 Å². The van der Waals surface area contributed by atoms with E-state index in [1.165, 1.54) is 18.4 Å². The highest BCUT2D eigenvalue weighted by Gasteiger charge is 2.13. The third-order valence-electron chi connectivity index (χ3n) is 4.22. The van der Waals surface area contributed by atoms with Crippen molar-refractivity contribution in [3.05, 3.63) is 98.6 Å². The van der Waals surface area contributed by atoms with Gasteiger partial charge in [-0.05, 0) is 36.4 Å². The van der Waals surface area contributed by atoms with Crippen LogP contribution in [0, 0.1) is 5.82 Å². The van der Waals surface area contributed by atoms with Gasteiger partial charge in [-0.2, -0.15) is 0 Å². The zero-order valence-corrected chi connectivity index (χ0v) is 16.3. The highest BCUT2D eigenvalue weighted by molar-refractivity contribution is 6.32. The van der Waals surface area contributed by atoms with Crippen LogP contribution >= 0.6 is 23.2 Å². The van der Waals surface area contributed by atoms with Gasteiger partial charge in [-0.1, -0.05) is 41.4 Å². The van der Waals surface area contributed by atoms with E-state index < -0.39 is 5.82 Å². The van der Waals surface area contributed by atoms with E-state index in [1.807, 2.05) is 0 Å². The van der Waals surface area contributed by atoms with Crippen molar-refractivity contribution in [2.24, 2.45) is 0 Å². The van der Waals surface area contributed by atoms with Crippen molar-refractivity contribution in [2.45, 2.75) is 6.61 Å². The summed E-state index contributed by atoms with van der Waals surface area (Å²) in [4.78, 5) is 12.7. The highest BCUT2D eigenvalue weighted by atomic mass is 35.5. The number of ether oxygens (including phenoxy) is 2. The minimum atomic E-state index is -0.453. The first-order chi connectivity index (χ1) is 14.0. The monoisotopic (exact) mass is 430 g/mol. The lowest BCUT2D eigenvalue weighted by Crippen LogP contribution is -2.05. The van der Waals surface area contributed by atoms with E-state index in [0.717, 1.165) is 0 Å². The molecule has 7 heteroatoms. The van der Waals surface area contributed by atoms with Crippen LogP contribution in [-0.2, 0) is 6.61 Å². The molecule has 0 bridgehead atoms. The Labute approximate surface area is 175 Å². The number of para-hydroxylation sites is 1. The Bertz CT molecular complexity index is 1230. The lowest BCUT2D eigenvalue weighted by atomic mass is 10.2. The first-order valence-corrected chi connectivity index (χ1v) is 9.32. The van der Waals surface area contributed by atoms with Crippen molar-refractivity contribution >= 4 is 34.2 Å². The molecule has 0 saturated carbocycles. The van der Waals surface area contributed by atoms with Crippen LogP contribution in [0.1, 0.15) is 5.56 Å². The average molecular weight is 431 g/mol. The van der Waals surface area contributed by atoms with Crippen LogP contribution in [0.3, 0.4) is 0 Å². The Morgan fingerprint density at radius 1 is 0.931 bits per heavy atom. The molecular weight excluding hydrogens is 418 g/mol. The number of hydrogen-bond acceptors (Lipinski definition) is 4. The van der Waals surface area contributed by atoms with E-state index in [9.17, 15) is 9.18 Å². The van der Waals surface area contributed by atoms with Crippen LogP contribution in [0.4, 0.5) is 4.39 Å². The van der Waals surface area contributed by atoms with Crippen LogP contribution in [0.25, 0.3) is 11.0 Å². The van der Waals surface area contributed by atoms with Gasteiger partial charge in [0.25, 0.3) is 0 Å². The van der Waals surface area contributed by atoms with Crippen molar-refractivity contribution < 1.29 is 18.3 Å². The average Bonchev–Trinajstić information content (AvgIpc) is 2.71. The summed E-state index contributed by atoms with van der Waals surface area (Å²) in [7, 11) is 0. The molecule has 4 aromatic rings. The van der Waals surface area contributed by atoms with Gasteiger partial charge in [0.15, 0.2) is 0 Å². The Morgan fingerprint density at radius 3 is 2.52 bits per heavy atom. The normalized spacial score (nSPS) is 10.9. The third-order valence-corrected chi connectivity index (χ3v) is 4.88. The second-order valence-electron chi connectivity index (χ2n) is 6.11. The molecule has 0 spiro atoms. The topological polar surface area (TPSA) is 48.7 Å². The molecule has 0 radical (unpaired) electrons. The van der Waals surface area contributed by atoms with Gasteiger partial charge in [0.05, 0.1) is 15.4 Å². The van der Waals surface area contributed by atoms with Gasteiger partial charge in [0.2, 0.25) is 11.2 Å². The summed E-state index contributed by atoms with van der Waals surface area (Å²) in [6, 6.07) is 15.9. The van der Waals surface area contributed by atoms with Gasteiger partial charge < -0.3 is 13.9 Å². The van der Waals surface area contributed by atoms with E-state index in [0.29, 0.717) is 27.5 Å². The zero-order valence-electron chi connectivity index (χ0n) is 14.8. The number of benzene rings is 3. The molecular formula is C22H13Cl2FO4. The Hall–Kier alpha value is -3.02. The molecule has 0 aliphatic rings. The summed E-state index contributed by atoms with van der Waals surface area (Å²) in [6.07, 6.45) is 1.21. The summed E-state index contributed by atoms with van der Waals surface area (Å²) in [5, 5.41) is 0.965. The molecule has 0 saturated heterocycles. The summed E-state index contributed by atoms with van der Waals surface area (Å²) in [6.45, 7) is -0.0606. The fraction of sp³-hybridized carbons (Fsp3) is 0.0455. The predicted molar refractivity (Wildman–Crippen MR) is 110 cm³/mol. The molecule has 0 amide bonds. The first-order valence-electron chi connectivity index (χ1n) is 8.56. The molecule has 0 unspecified atom stereocenters. The van der Waals surface area contributed by atoms with Crippen LogP contribution in [-0.4, -0.2) is 0 Å². The predicted octanol–water partition coefficient (Wildman–Crippen LogP) is 6.61. The number of hydrogen-bond donors (Lipinski definition) is 0. The van der Waals surface area contributed by atoms with Gasteiger partial charge in [-0.15, -0.1) is 0 Å². The maximum atomic E-state index is 13.9. The van der Waals surface area contributed by atoms with Crippen molar-refractivity contribution in [2.75, 3.05) is 0 Å². The van der Waals surface area contributed by atoms with Crippen LogP contribution in [0.5, 0.6) is 17.2 Å². The zero-order chi connectivity index (χ0) is 20.4. The molecule has 3 aromatic carbocycles. The molecule has 0 atom stereocenters. The Morgan fingerprint density at radius 2 is 1.72 bits per heavy atom. The second kappa shape index (κ2) is 8.15. The summed E-state index contributed by atoms with van der Waals surface area (Å²) < 4.78 is 30.6. The van der Waals surface area contributed by atoms with Crippen molar-refractivity contribution in [3.8, 4) is 17.2 Å². The van der Waals surface area contributed by atoms with E-state index in [-0.39, 0.29) is 28.4 Å². The quantitative estimate of drug-likeness (QED) is 0.357. The van der Waals surface area contributed by atoms with Crippen molar-refractivity contribution in [1.29, 1.82) is 0 Å². The van der Waals surface area contributed by atoms with Gasteiger partial charge in [-0.25, -0.2) is 4.39 Å². The van der Waals surface area contributed by atoms with Crippen molar-refractivity contribution in [3.63, 3.8) is 0 Å². The van der Waals surface area contributed by atoms with E-state index in [1.54, 1.807) is 48.5 Å². The molecule has 4 nitrogen and oxygen atoms in total. The maximum Gasteiger partial charge on any atom is 0.235 e. The standard InChI is InChI=1S/C22H13Cl2FO4/c23-16-5-3-6-18(25)15(16)11-27-13-8-9-14-20(10-13)28-12-21(22(14)26)29-19-7-2-1-4-17(19)24/h1-10,12H,11H2. The van der Waals surface area contributed by atoms with E-state index in [4.69, 9.17) is 37.1 Å². The molecule has 0 N–H and O–H groups in total. The number of halogens is 3. The summed E-state index contributed by atoms with van der Waals surface area (Å²) in [5.74, 6) is 0.311. The summed E-state index contributed by atoms with van der Waals surface area (Å²) >= 11 is 12.1. The first kappa shape index (κ1) is 19.3. The van der Waals surface area contributed by atoms with Crippen LogP contribution in [0.2, 0.25) is 10.0 Å². The molecule has 1 aromatic heterocycles. The third kappa shape index (κ3) is 4.06. The summed E-state index contributed by atoms with van der Waals surface area (Å²) in [5.41, 5.74) is 0.202. The maximum absolute atomic E-state index is 13.9. The fourth-order valence-corrected chi connectivity index (χ4v) is 3.11. The Balaban J connectivity index is 1.59. The van der Waals surface area contributed by atoms with Crippen LogP contribution in [0.15, 0.2) is 76.1 Å². The number of fused-ring (bicyclic) bond motifs is 1. The molecule has 1 heterocycles. The molecule has 0 aliphatic carbocycles. The molecule has 4 rings (SSSR count).